The van der Waals surface area contributed by atoms with Gasteiger partial charge in [0, 0.05) is 26.7 Å². The van der Waals surface area contributed by atoms with Crippen molar-refractivity contribution in [1.82, 2.24) is 0 Å². The van der Waals surface area contributed by atoms with Crippen LogP contribution in [-0.4, -0.2) is 25.2 Å². The fourth-order valence-electron chi connectivity index (χ4n) is 15.8. The maximum Gasteiger partial charge on any atom is 0 e. The molecule has 0 N–H and O–H groups in total. The van der Waals surface area contributed by atoms with Crippen molar-refractivity contribution in [3.8, 4) is 0 Å². The number of hydrogen-bond acceptors (Lipinski definition) is 0. The molecule has 0 amide bonds. The van der Waals surface area contributed by atoms with E-state index in [0.29, 0.717) is 0 Å². The summed E-state index contributed by atoms with van der Waals surface area (Å²) in [5, 5.41) is 0. The minimum atomic E-state index is 0. The second-order valence-electron chi connectivity index (χ2n) is 27.5. The highest BCUT2D eigenvalue weighted by atomic mass is 14.4. The summed E-state index contributed by atoms with van der Waals surface area (Å²) in [7, 11) is 0. The topological polar surface area (TPSA) is 0 Å². The Hall–Kier alpha value is -2.15. The van der Waals surface area contributed by atoms with E-state index in [9.17, 15) is 0 Å². The van der Waals surface area contributed by atoms with Gasteiger partial charge in [0.15, 0.2) is 0 Å². The number of benzene rings is 3. The molecule has 9 rings (SSSR count). The normalized spacial score (nSPS) is 29.4. The summed E-state index contributed by atoms with van der Waals surface area (Å²) in [5.74, 6) is 12.2. The van der Waals surface area contributed by atoms with Gasteiger partial charge >= 0.3 is 0 Å². The van der Waals surface area contributed by atoms with Crippen LogP contribution in [0.25, 0.3) is 0 Å². The van der Waals surface area contributed by atoms with Crippen LogP contribution < -0.4 is 0 Å². The SMILES string of the molecule is C.C.Cc1cc(CC2CCC(C)CC2)cc(C)c1C.Cc1cc(CC2CCC(CC3CCC(C)CC3)CC2)cc(C)c1C.Cc1cc(CC2CCC(CC3CCC(C4CCC(C)CC4)CC3)CC2)cc(C)c1C.[2HH].[B].[B].[B]. The van der Waals surface area contributed by atoms with Crippen molar-refractivity contribution in [3.63, 3.8) is 0 Å². The van der Waals surface area contributed by atoms with Crippen molar-refractivity contribution in [2.24, 2.45) is 71.0 Å². The lowest BCUT2D eigenvalue weighted by molar-refractivity contribution is 0.133. The summed E-state index contributed by atoms with van der Waals surface area (Å²) in [6.07, 6.45) is 43.1. The first-order chi connectivity index (χ1) is 34.0. The maximum atomic E-state index is 2.46. The van der Waals surface area contributed by atoms with Gasteiger partial charge in [-0.15, -0.1) is 0 Å². The van der Waals surface area contributed by atoms with Gasteiger partial charge in [0.05, 0.1) is 0 Å². The van der Waals surface area contributed by atoms with Gasteiger partial charge in [-0.3, -0.25) is 0 Å². The molecule has 0 aliphatic heterocycles. The monoisotopic (exact) mass is 1030 g/mol. The molecule has 423 valence electrons. The van der Waals surface area contributed by atoms with E-state index in [1.807, 2.05) is 0 Å². The number of rotatable bonds is 11. The first-order valence-corrected chi connectivity index (χ1v) is 31.2. The van der Waals surface area contributed by atoms with E-state index >= 15 is 0 Å². The van der Waals surface area contributed by atoms with Crippen LogP contribution in [0.3, 0.4) is 0 Å². The molecule has 0 unspecified atom stereocenters. The van der Waals surface area contributed by atoms with Crippen molar-refractivity contribution >= 4 is 25.2 Å². The average molecular weight is 1030 g/mol. The van der Waals surface area contributed by atoms with E-state index in [-0.39, 0.29) is 41.5 Å². The highest BCUT2D eigenvalue weighted by Crippen LogP contribution is 2.45. The van der Waals surface area contributed by atoms with E-state index in [1.54, 1.807) is 68.1 Å². The van der Waals surface area contributed by atoms with Gasteiger partial charge in [-0.1, -0.05) is 162 Å². The molecule has 0 heterocycles. The second-order valence-corrected chi connectivity index (χ2v) is 27.5. The summed E-state index contributed by atoms with van der Waals surface area (Å²) in [6.45, 7) is 27.7. The molecular weight excluding hydrogens is 909 g/mol. The van der Waals surface area contributed by atoms with Crippen LogP contribution in [0.15, 0.2) is 36.4 Å². The third-order valence-electron chi connectivity index (χ3n) is 21.7. The predicted octanol–water partition coefficient (Wildman–Crippen LogP) is 21.5. The molecule has 0 spiro atoms. The molecule has 0 atom stereocenters. The lowest BCUT2D eigenvalue weighted by Crippen LogP contribution is -2.26. The van der Waals surface area contributed by atoms with Gasteiger partial charge in [-0.05, 0) is 296 Å². The Morgan fingerprint density at radius 2 is 0.447 bits per heavy atom. The Morgan fingerprint density at radius 3 is 0.697 bits per heavy atom. The fraction of sp³-hybridized carbons (Fsp3) is 0.753. The number of aryl methyl sites for hydroxylation is 6. The molecule has 0 nitrogen and oxygen atoms in total. The van der Waals surface area contributed by atoms with Crippen LogP contribution in [0.2, 0.25) is 0 Å². The first-order valence-electron chi connectivity index (χ1n) is 31.2. The molecule has 3 aromatic rings. The zero-order valence-corrected chi connectivity index (χ0v) is 50.6. The van der Waals surface area contributed by atoms with Crippen molar-refractivity contribution in [2.45, 2.75) is 284 Å². The number of hydrogen-bond donors (Lipinski definition) is 0. The molecule has 3 aromatic carbocycles. The second kappa shape index (κ2) is 34.2. The van der Waals surface area contributed by atoms with Gasteiger partial charge in [-0.25, -0.2) is 0 Å². The molecule has 76 heavy (non-hydrogen) atoms. The van der Waals surface area contributed by atoms with Gasteiger partial charge in [0.2, 0.25) is 0 Å². The highest BCUT2D eigenvalue weighted by molar-refractivity contribution is 5.76. The van der Waals surface area contributed by atoms with Gasteiger partial charge in [0.25, 0.3) is 0 Å². The summed E-state index contributed by atoms with van der Waals surface area (Å²) in [5.41, 5.74) is 18.0. The molecule has 6 fully saturated rings. The molecule has 6 saturated carbocycles. The molecule has 3 heteroatoms. The van der Waals surface area contributed by atoms with Crippen molar-refractivity contribution < 1.29 is 1.43 Å². The van der Waals surface area contributed by atoms with E-state index in [4.69, 9.17) is 0 Å². The van der Waals surface area contributed by atoms with E-state index in [1.165, 1.54) is 185 Å². The Morgan fingerprint density at radius 1 is 0.276 bits per heavy atom. The van der Waals surface area contributed by atoms with Crippen molar-refractivity contribution in [2.75, 3.05) is 0 Å². The van der Waals surface area contributed by atoms with Crippen molar-refractivity contribution in [1.29, 1.82) is 0 Å². The van der Waals surface area contributed by atoms with Crippen LogP contribution in [0.1, 0.15) is 271 Å². The molecule has 9 radical (unpaired) electrons. The van der Waals surface area contributed by atoms with Gasteiger partial charge < -0.3 is 0 Å². The zero-order chi connectivity index (χ0) is 50.6. The lowest BCUT2D eigenvalue weighted by Gasteiger charge is -2.38. The third-order valence-corrected chi connectivity index (χ3v) is 21.7. The maximum absolute atomic E-state index is 2.46. The highest BCUT2D eigenvalue weighted by Gasteiger charge is 2.32. The van der Waals surface area contributed by atoms with Crippen LogP contribution >= 0.6 is 0 Å². The minimum Gasteiger partial charge on any atom is -0.0776 e. The Kier molecular flexibility index (Phi) is 31.5. The Labute approximate surface area is 482 Å². The molecule has 0 saturated heterocycles. The molecule has 6 aliphatic carbocycles. The molecule has 0 bridgehead atoms. The van der Waals surface area contributed by atoms with E-state index in [2.05, 4.69) is 119 Å². The Balaban J connectivity index is 0.000000575. The molecular formula is C73H122B3. The average Bonchev–Trinajstić information content (AvgIpc) is 3.35. The Bertz CT molecular complexity index is 1990. The third kappa shape index (κ3) is 21.4. The van der Waals surface area contributed by atoms with Crippen molar-refractivity contribution in [3.05, 3.63) is 103 Å². The van der Waals surface area contributed by atoms with Gasteiger partial charge in [0.1, 0.15) is 0 Å². The van der Waals surface area contributed by atoms with Crippen LogP contribution in [0.4, 0.5) is 0 Å². The van der Waals surface area contributed by atoms with Crippen LogP contribution in [0.5, 0.6) is 0 Å². The fourth-order valence-corrected chi connectivity index (χ4v) is 15.8. The summed E-state index contributed by atoms with van der Waals surface area (Å²) in [6, 6.07) is 14.6. The minimum absolute atomic E-state index is 0. The van der Waals surface area contributed by atoms with E-state index in [0.717, 1.165) is 71.0 Å². The lowest BCUT2D eigenvalue weighted by atomic mass is 9.67. The van der Waals surface area contributed by atoms with Crippen LogP contribution in [-0.2, 0) is 19.3 Å². The van der Waals surface area contributed by atoms with E-state index < -0.39 is 0 Å². The summed E-state index contributed by atoms with van der Waals surface area (Å²) >= 11 is 0. The predicted molar refractivity (Wildman–Crippen MR) is 345 cm³/mol. The summed E-state index contributed by atoms with van der Waals surface area (Å²) < 4.78 is 0. The van der Waals surface area contributed by atoms with Gasteiger partial charge in [-0.2, -0.15) is 0 Å². The molecule has 0 aromatic heterocycles. The first kappa shape index (κ1) is 70.0. The zero-order valence-electron chi connectivity index (χ0n) is 50.6. The largest absolute Gasteiger partial charge is 0.0776 e. The smallest absolute Gasteiger partial charge is 0 e. The summed E-state index contributed by atoms with van der Waals surface area (Å²) in [4.78, 5) is 0. The molecule has 6 aliphatic rings. The quantitative estimate of drug-likeness (QED) is 0.168. The standard InChI is InChI=1S/C30H48.C24H38.C17H26.2CH4.3B.H2/c1-21-5-13-29(14-6-21)30-15-11-27(12-16-30)19-25-7-9-26(10-8-25)20-28-17-22(2)24(4)23(3)18-28;1-17-5-7-21(8-6-17)15-22-9-11-23(12-10-22)16-24-13-18(2)20(4)19(3)14-24;1-12-5-7-16(8-6-12)11-17-9-13(2)15(4)14(3)10-17;;;;;;/h17-18,21,25-27,29-30H,5-16,19-20H2,1-4H3;13-14,17,21-23H,5-12,15-16H2,1-4H3;9-10,12,16H,5-8,11H2,1-4H3;2*1H4;;;;1H/i;;;;;;;;1+1. The van der Waals surface area contributed by atoms with Crippen LogP contribution in [0, 0.1) is 133 Å².